The standard InChI is InChI=1S/C13H17F/c14-13-9-7-12(8-10-13)6-5-11-3-1-2-4-11/h7-11H,1-6H2. The number of rotatable bonds is 3. The fourth-order valence-electron chi connectivity index (χ4n) is 2.32. The molecule has 1 aromatic rings. The number of halogens is 1. The lowest BCUT2D eigenvalue weighted by Gasteiger charge is -2.07. The van der Waals surface area contributed by atoms with Crippen molar-refractivity contribution in [2.24, 2.45) is 5.92 Å². The van der Waals surface area contributed by atoms with Gasteiger partial charge in [0.2, 0.25) is 0 Å². The molecular formula is C13H17F. The molecule has 1 aliphatic carbocycles. The van der Waals surface area contributed by atoms with Crippen molar-refractivity contribution in [1.82, 2.24) is 0 Å². The van der Waals surface area contributed by atoms with Gasteiger partial charge >= 0.3 is 0 Å². The van der Waals surface area contributed by atoms with E-state index in [1.807, 2.05) is 12.1 Å². The minimum Gasteiger partial charge on any atom is -0.207 e. The predicted octanol–water partition coefficient (Wildman–Crippen LogP) is 3.95. The molecule has 0 spiro atoms. The largest absolute Gasteiger partial charge is 0.207 e. The van der Waals surface area contributed by atoms with Crippen LogP contribution in [0.25, 0.3) is 0 Å². The smallest absolute Gasteiger partial charge is 0.123 e. The molecule has 0 heterocycles. The van der Waals surface area contributed by atoms with Crippen LogP contribution in [0.15, 0.2) is 24.3 Å². The van der Waals surface area contributed by atoms with E-state index in [1.54, 1.807) is 12.1 Å². The summed E-state index contributed by atoms with van der Waals surface area (Å²) in [7, 11) is 0. The molecule has 0 nitrogen and oxygen atoms in total. The van der Waals surface area contributed by atoms with Gasteiger partial charge in [0.05, 0.1) is 0 Å². The Hall–Kier alpha value is -0.850. The zero-order valence-corrected chi connectivity index (χ0v) is 8.51. The van der Waals surface area contributed by atoms with Gasteiger partial charge in [-0.05, 0) is 36.5 Å². The van der Waals surface area contributed by atoms with Crippen molar-refractivity contribution < 1.29 is 4.39 Å². The molecule has 0 bridgehead atoms. The summed E-state index contributed by atoms with van der Waals surface area (Å²) in [5, 5.41) is 0. The summed E-state index contributed by atoms with van der Waals surface area (Å²) in [4.78, 5) is 0. The zero-order valence-electron chi connectivity index (χ0n) is 8.51. The van der Waals surface area contributed by atoms with E-state index in [9.17, 15) is 4.39 Å². The first kappa shape index (κ1) is 9.70. The predicted molar refractivity (Wildman–Crippen MR) is 56.7 cm³/mol. The Labute approximate surface area is 85.1 Å². The first-order valence-electron chi connectivity index (χ1n) is 5.59. The lowest BCUT2D eigenvalue weighted by Crippen LogP contribution is -1.96. The lowest BCUT2D eigenvalue weighted by atomic mass is 9.98. The van der Waals surface area contributed by atoms with Crippen LogP contribution >= 0.6 is 0 Å². The molecule has 14 heavy (non-hydrogen) atoms. The van der Waals surface area contributed by atoms with Crippen LogP contribution in [0.1, 0.15) is 37.7 Å². The van der Waals surface area contributed by atoms with Gasteiger partial charge < -0.3 is 0 Å². The van der Waals surface area contributed by atoms with Crippen molar-refractivity contribution in [3.63, 3.8) is 0 Å². The third kappa shape index (κ3) is 2.57. The van der Waals surface area contributed by atoms with Gasteiger partial charge in [-0.2, -0.15) is 0 Å². The van der Waals surface area contributed by atoms with E-state index >= 15 is 0 Å². The average Bonchev–Trinajstić information content (AvgIpc) is 2.70. The second-order valence-corrected chi connectivity index (χ2v) is 4.32. The van der Waals surface area contributed by atoms with Crippen LogP contribution in [-0.2, 0) is 6.42 Å². The molecular weight excluding hydrogens is 175 g/mol. The van der Waals surface area contributed by atoms with E-state index in [1.165, 1.54) is 37.7 Å². The number of hydrogen-bond acceptors (Lipinski definition) is 0. The Morgan fingerprint density at radius 1 is 1.07 bits per heavy atom. The minimum absolute atomic E-state index is 0.130. The van der Waals surface area contributed by atoms with Crippen molar-refractivity contribution in [3.8, 4) is 0 Å². The SMILES string of the molecule is Fc1ccc(CCC2CCCC2)cc1. The normalized spacial score (nSPS) is 17.5. The summed E-state index contributed by atoms with van der Waals surface area (Å²) in [6.45, 7) is 0. The van der Waals surface area contributed by atoms with Crippen LogP contribution < -0.4 is 0 Å². The molecule has 1 saturated carbocycles. The number of hydrogen-bond donors (Lipinski definition) is 0. The summed E-state index contributed by atoms with van der Waals surface area (Å²) in [5.74, 6) is 0.801. The maximum atomic E-state index is 12.6. The Balaban J connectivity index is 1.82. The third-order valence-electron chi connectivity index (χ3n) is 3.23. The van der Waals surface area contributed by atoms with Gasteiger partial charge in [0.1, 0.15) is 5.82 Å². The van der Waals surface area contributed by atoms with E-state index < -0.39 is 0 Å². The summed E-state index contributed by atoms with van der Waals surface area (Å²) in [5.41, 5.74) is 1.28. The molecule has 0 aliphatic heterocycles. The van der Waals surface area contributed by atoms with E-state index in [2.05, 4.69) is 0 Å². The fourth-order valence-corrected chi connectivity index (χ4v) is 2.32. The maximum absolute atomic E-state index is 12.6. The van der Waals surface area contributed by atoms with E-state index in [0.717, 1.165) is 12.3 Å². The van der Waals surface area contributed by atoms with Crippen LogP contribution in [0, 0.1) is 11.7 Å². The Kier molecular flexibility index (Phi) is 3.18. The average molecular weight is 192 g/mol. The van der Waals surface area contributed by atoms with Crippen LogP contribution in [0.2, 0.25) is 0 Å². The molecule has 1 fully saturated rings. The highest BCUT2D eigenvalue weighted by molar-refractivity contribution is 5.16. The van der Waals surface area contributed by atoms with Crippen molar-refractivity contribution in [1.29, 1.82) is 0 Å². The molecule has 0 amide bonds. The second-order valence-electron chi connectivity index (χ2n) is 4.32. The highest BCUT2D eigenvalue weighted by Crippen LogP contribution is 2.28. The van der Waals surface area contributed by atoms with Crippen molar-refractivity contribution in [2.45, 2.75) is 38.5 Å². The molecule has 0 unspecified atom stereocenters. The van der Waals surface area contributed by atoms with Crippen molar-refractivity contribution in [2.75, 3.05) is 0 Å². The van der Waals surface area contributed by atoms with E-state index in [4.69, 9.17) is 0 Å². The monoisotopic (exact) mass is 192 g/mol. The lowest BCUT2D eigenvalue weighted by molar-refractivity contribution is 0.503. The molecule has 0 saturated heterocycles. The molecule has 1 aromatic carbocycles. The molecule has 1 aliphatic rings. The Morgan fingerprint density at radius 2 is 1.71 bits per heavy atom. The molecule has 0 radical (unpaired) electrons. The fraction of sp³-hybridized carbons (Fsp3) is 0.538. The number of benzene rings is 1. The zero-order chi connectivity index (χ0) is 9.80. The van der Waals surface area contributed by atoms with Gasteiger partial charge in [0, 0.05) is 0 Å². The summed E-state index contributed by atoms with van der Waals surface area (Å²) in [6, 6.07) is 6.93. The Morgan fingerprint density at radius 3 is 2.36 bits per heavy atom. The minimum atomic E-state index is -0.130. The van der Waals surface area contributed by atoms with Gasteiger partial charge in [-0.3, -0.25) is 0 Å². The first-order chi connectivity index (χ1) is 6.84. The van der Waals surface area contributed by atoms with Gasteiger partial charge in [-0.1, -0.05) is 37.8 Å². The summed E-state index contributed by atoms with van der Waals surface area (Å²) >= 11 is 0. The van der Waals surface area contributed by atoms with E-state index in [0.29, 0.717) is 0 Å². The number of aryl methyl sites for hydroxylation is 1. The molecule has 0 aromatic heterocycles. The second kappa shape index (κ2) is 4.59. The third-order valence-corrected chi connectivity index (χ3v) is 3.23. The molecule has 0 atom stereocenters. The van der Waals surface area contributed by atoms with Gasteiger partial charge in [-0.15, -0.1) is 0 Å². The van der Waals surface area contributed by atoms with Crippen LogP contribution in [0.3, 0.4) is 0 Å². The summed E-state index contributed by atoms with van der Waals surface area (Å²) in [6.07, 6.45) is 8.03. The molecule has 2 rings (SSSR count). The van der Waals surface area contributed by atoms with Crippen molar-refractivity contribution >= 4 is 0 Å². The quantitative estimate of drug-likeness (QED) is 0.680. The summed E-state index contributed by atoms with van der Waals surface area (Å²) < 4.78 is 12.6. The molecule has 0 N–H and O–H groups in total. The highest BCUT2D eigenvalue weighted by Gasteiger charge is 2.14. The Bertz CT molecular complexity index is 270. The first-order valence-corrected chi connectivity index (χ1v) is 5.59. The highest BCUT2D eigenvalue weighted by atomic mass is 19.1. The molecule has 1 heteroatoms. The van der Waals surface area contributed by atoms with Crippen LogP contribution in [-0.4, -0.2) is 0 Å². The van der Waals surface area contributed by atoms with Crippen LogP contribution in [0.5, 0.6) is 0 Å². The van der Waals surface area contributed by atoms with E-state index in [-0.39, 0.29) is 5.82 Å². The topological polar surface area (TPSA) is 0 Å². The van der Waals surface area contributed by atoms with Gasteiger partial charge in [0.25, 0.3) is 0 Å². The molecule has 76 valence electrons. The van der Waals surface area contributed by atoms with Crippen LogP contribution in [0.4, 0.5) is 4.39 Å². The van der Waals surface area contributed by atoms with Gasteiger partial charge in [-0.25, -0.2) is 4.39 Å². The van der Waals surface area contributed by atoms with Gasteiger partial charge in [0.15, 0.2) is 0 Å². The van der Waals surface area contributed by atoms with Crippen molar-refractivity contribution in [3.05, 3.63) is 35.6 Å². The maximum Gasteiger partial charge on any atom is 0.123 e.